The Kier molecular flexibility index (Phi) is 3.47. The molecule has 1 atom stereocenters. The number of alkyl halides is 1. The van der Waals surface area contributed by atoms with Crippen molar-refractivity contribution in [2.24, 2.45) is 0 Å². The van der Waals surface area contributed by atoms with E-state index >= 15 is 0 Å². The molecular formula is C15H17ClN2O. The quantitative estimate of drug-likeness (QED) is 0.860. The van der Waals surface area contributed by atoms with Crippen molar-refractivity contribution >= 4 is 28.4 Å². The van der Waals surface area contributed by atoms with E-state index in [4.69, 9.17) is 11.6 Å². The van der Waals surface area contributed by atoms with Crippen LogP contribution in [-0.4, -0.2) is 34.3 Å². The van der Waals surface area contributed by atoms with Crippen molar-refractivity contribution in [3.8, 4) is 0 Å². The molecule has 0 radical (unpaired) electrons. The highest BCUT2D eigenvalue weighted by Crippen LogP contribution is 2.22. The molecule has 0 saturated carbocycles. The van der Waals surface area contributed by atoms with Crippen molar-refractivity contribution in [3.63, 3.8) is 0 Å². The number of halogens is 1. The third kappa shape index (κ3) is 2.35. The number of rotatable bonds is 3. The molecule has 19 heavy (non-hydrogen) atoms. The first-order chi connectivity index (χ1) is 9.29. The molecule has 100 valence electrons. The summed E-state index contributed by atoms with van der Waals surface area (Å²) in [6, 6.07) is 8.30. The summed E-state index contributed by atoms with van der Waals surface area (Å²) in [5, 5.41) is 1.14. The number of H-pyrrole nitrogens is 1. The summed E-state index contributed by atoms with van der Waals surface area (Å²) in [6.45, 7) is 0.846. The van der Waals surface area contributed by atoms with Crippen LogP contribution in [0.1, 0.15) is 18.4 Å². The van der Waals surface area contributed by atoms with E-state index < -0.39 is 0 Å². The minimum Gasteiger partial charge on any atom is -0.361 e. The summed E-state index contributed by atoms with van der Waals surface area (Å²) in [5.74, 6) is 0.729. The zero-order valence-electron chi connectivity index (χ0n) is 10.7. The molecule has 0 spiro atoms. The Balaban J connectivity index is 1.79. The maximum Gasteiger partial charge on any atom is 0.227 e. The third-order valence-electron chi connectivity index (χ3n) is 3.89. The van der Waals surface area contributed by atoms with Gasteiger partial charge in [-0.05, 0) is 24.5 Å². The van der Waals surface area contributed by atoms with Crippen LogP contribution in [0.4, 0.5) is 0 Å². The average molecular weight is 277 g/mol. The lowest BCUT2D eigenvalue weighted by atomic mass is 10.1. The third-order valence-corrected chi connectivity index (χ3v) is 4.25. The highest BCUT2D eigenvalue weighted by molar-refractivity contribution is 6.18. The van der Waals surface area contributed by atoms with Crippen LogP contribution in [0, 0.1) is 0 Å². The molecule has 1 amide bonds. The fourth-order valence-corrected chi connectivity index (χ4v) is 3.19. The Morgan fingerprint density at radius 2 is 2.26 bits per heavy atom. The van der Waals surface area contributed by atoms with Gasteiger partial charge < -0.3 is 9.88 Å². The van der Waals surface area contributed by atoms with Crippen LogP contribution in [0.3, 0.4) is 0 Å². The SMILES string of the molecule is O=C(Cc1c[nH]c2ccccc12)N1CCC[C@H]1CCl. The molecule has 1 aliphatic rings. The number of aromatic amines is 1. The molecule has 0 bridgehead atoms. The lowest BCUT2D eigenvalue weighted by molar-refractivity contribution is -0.130. The Labute approximate surface area is 117 Å². The molecule has 0 unspecified atom stereocenters. The fraction of sp³-hybridized carbons (Fsp3) is 0.400. The maximum atomic E-state index is 12.4. The number of nitrogens with zero attached hydrogens (tertiary/aromatic N) is 1. The van der Waals surface area contributed by atoms with Crippen LogP contribution in [0.25, 0.3) is 10.9 Å². The van der Waals surface area contributed by atoms with Crippen LogP contribution in [0.5, 0.6) is 0 Å². The number of hydrogen-bond acceptors (Lipinski definition) is 1. The number of carbonyl (C=O) groups excluding carboxylic acids is 1. The van der Waals surface area contributed by atoms with Gasteiger partial charge in [0.25, 0.3) is 0 Å². The van der Waals surface area contributed by atoms with Crippen molar-refractivity contribution in [1.82, 2.24) is 9.88 Å². The number of hydrogen-bond donors (Lipinski definition) is 1. The fourth-order valence-electron chi connectivity index (χ4n) is 2.87. The van der Waals surface area contributed by atoms with Gasteiger partial charge in [0.05, 0.1) is 6.42 Å². The molecule has 3 nitrogen and oxygen atoms in total. The first-order valence-electron chi connectivity index (χ1n) is 6.70. The molecule has 3 rings (SSSR count). The molecule has 2 heterocycles. The Morgan fingerprint density at radius 1 is 1.42 bits per heavy atom. The van der Waals surface area contributed by atoms with E-state index in [9.17, 15) is 4.79 Å². The molecule has 1 fully saturated rings. The molecule has 1 saturated heterocycles. The molecule has 4 heteroatoms. The number of nitrogens with one attached hydrogen (secondary N) is 1. The van der Waals surface area contributed by atoms with Crippen molar-refractivity contribution in [1.29, 1.82) is 0 Å². The van der Waals surface area contributed by atoms with E-state index in [-0.39, 0.29) is 11.9 Å². The number of aromatic nitrogens is 1. The lowest BCUT2D eigenvalue weighted by Gasteiger charge is -2.22. The first kappa shape index (κ1) is 12.5. The summed E-state index contributed by atoms with van der Waals surface area (Å²) in [4.78, 5) is 17.5. The zero-order chi connectivity index (χ0) is 13.2. The average Bonchev–Trinajstić information content (AvgIpc) is 3.05. The van der Waals surface area contributed by atoms with Crippen LogP contribution < -0.4 is 0 Å². The van der Waals surface area contributed by atoms with Gasteiger partial charge >= 0.3 is 0 Å². The molecule has 1 aliphatic heterocycles. The molecule has 2 aromatic rings. The number of likely N-dealkylation sites (tertiary alicyclic amines) is 1. The van der Waals surface area contributed by atoms with Gasteiger partial charge in [0.2, 0.25) is 5.91 Å². The summed E-state index contributed by atoms with van der Waals surface area (Å²) >= 11 is 5.92. The molecular weight excluding hydrogens is 260 g/mol. The van der Waals surface area contributed by atoms with Crippen LogP contribution in [0.2, 0.25) is 0 Å². The minimum absolute atomic E-state index is 0.188. The standard InChI is InChI=1S/C15H17ClN2O/c16-9-12-4-3-7-18(12)15(19)8-11-10-17-14-6-2-1-5-13(11)14/h1-2,5-6,10,12,17H,3-4,7-9H2/t12-/m0/s1. The van der Waals surface area contributed by atoms with Gasteiger partial charge in [-0.1, -0.05) is 18.2 Å². The topological polar surface area (TPSA) is 36.1 Å². The van der Waals surface area contributed by atoms with Crippen molar-refractivity contribution in [3.05, 3.63) is 36.0 Å². The number of benzene rings is 1. The van der Waals surface area contributed by atoms with Crippen molar-refractivity contribution < 1.29 is 4.79 Å². The van der Waals surface area contributed by atoms with Crippen molar-refractivity contribution in [2.75, 3.05) is 12.4 Å². The lowest BCUT2D eigenvalue weighted by Crippen LogP contribution is -2.37. The van der Waals surface area contributed by atoms with E-state index in [2.05, 4.69) is 11.1 Å². The summed E-state index contributed by atoms with van der Waals surface area (Å²) in [5.41, 5.74) is 2.15. The van der Waals surface area contributed by atoms with E-state index in [1.807, 2.05) is 29.3 Å². The minimum atomic E-state index is 0.188. The van der Waals surface area contributed by atoms with Gasteiger partial charge in [-0.2, -0.15) is 0 Å². The van der Waals surface area contributed by atoms with E-state index in [1.54, 1.807) is 0 Å². The van der Waals surface area contributed by atoms with E-state index in [1.165, 1.54) is 0 Å². The van der Waals surface area contributed by atoms with Gasteiger partial charge in [-0.15, -0.1) is 11.6 Å². The predicted octanol–water partition coefficient (Wildman–Crippen LogP) is 2.94. The first-order valence-corrected chi connectivity index (χ1v) is 7.23. The highest BCUT2D eigenvalue weighted by Gasteiger charge is 2.28. The van der Waals surface area contributed by atoms with Gasteiger partial charge in [-0.25, -0.2) is 0 Å². The Morgan fingerprint density at radius 3 is 3.11 bits per heavy atom. The molecule has 1 aromatic heterocycles. The summed E-state index contributed by atoms with van der Waals surface area (Å²) in [6.07, 6.45) is 4.49. The molecule has 0 aliphatic carbocycles. The second kappa shape index (κ2) is 5.25. The smallest absolute Gasteiger partial charge is 0.227 e. The second-order valence-electron chi connectivity index (χ2n) is 5.07. The number of amides is 1. The van der Waals surface area contributed by atoms with E-state index in [0.29, 0.717) is 12.3 Å². The van der Waals surface area contributed by atoms with Crippen LogP contribution >= 0.6 is 11.6 Å². The number of fused-ring (bicyclic) bond motifs is 1. The molecule has 1 N–H and O–H groups in total. The normalized spacial score (nSPS) is 19.2. The summed E-state index contributed by atoms with van der Waals surface area (Å²) in [7, 11) is 0. The predicted molar refractivity (Wildman–Crippen MR) is 77.5 cm³/mol. The monoisotopic (exact) mass is 276 g/mol. The maximum absolute atomic E-state index is 12.4. The van der Waals surface area contributed by atoms with Gasteiger partial charge in [0.1, 0.15) is 0 Å². The van der Waals surface area contributed by atoms with Crippen LogP contribution in [-0.2, 0) is 11.2 Å². The van der Waals surface area contributed by atoms with E-state index in [0.717, 1.165) is 35.9 Å². The zero-order valence-corrected chi connectivity index (χ0v) is 11.5. The number of para-hydroxylation sites is 1. The van der Waals surface area contributed by atoms with Gasteiger partial charge in [-0.3, -0.25) is 4.79 Å². The summed E-state index contributed by atoms with van der Waals surface area (Å²) < 4.78 is 0. The Hall–Kier alpha value is -1.48. The van der Waals surface area contributed by atoms with Crippen molar-refractivity contribution in [2.45, 2.75) is 25.3 Å². The largest absolute Gasteiger partial charge is 0.361 e. The number of carbonyl (C=O) groups is 1. The highest BCUT2D eigenvalue weighted by atomic mass is 35.5. The van der Waals surface area contributed by atoms with Crippen LogP contribution in [0.15, 0.2) is 30.5 Å². The molecule has 1 aromatic carbocycles. The van der Waals surface area contributed by atoms with Gasteiger partial charge in [0, 0.05) is 35.6 Å². The second-order valence-corrected chi connectivity index (χ2v) is 5.38. The Bertz CT molecular complexity index is 593. The van der Waals surface area contributed by atoms with Gasteiger partial charge in [0.15, 0.2) is 0 Å².